The number of methoxy groups -OCH3 is 1. The molecule has 1 aliphatic carbocycles. The second-order valence-electron chi connectivity index (χ2n) is 6.54. The molecule has 5 nitrogen and oxygen atoms in total. The molecule has 1 aromatic carbocycles. The summed E-state index contributed by atoms with van der Waals surface area (Å²) in [6, 6.07) is 9.53. The van der Waals surface area contributed by atoms with Gasteiger partial charge in [0.25, 0.3) is 5.91 Å². The van der Waals surface area contributed by atoms with Crippen molar-refractivity contribution in [3.05, 3.63) is 48.3 Å². The quantitative estimate of drug-likeness (QED) is 0.781. The first-order chi connectivity index (χ1) is 11.6. The molecule has 0 radical (unpaired) electrons. The number of carbonyl (C=O) groups is 1. The first-order valence-electron chi connectivity index (χ1n) is 8.18. The molecule has 0 aliphatic heterocycles. The number of aromatic nitrogens is 1. The number of halogens is 2. The zero-order valence-electron chi connectivity index (χ0n) is 14.9. The van der Waals surface area contributed by atoms with E-state index < -0.39 is 0 Å². The van der Waals surface area contributed by atoms with Gasteiger partial charge in [0.2, 0.25) is 0 Å². The SMILES string of the molecule is COc1ccc(-c2cncc(C(=O)NC(C)(CN)C3CC3)c2)cc1.Cl.Cl. The first-order valence-corrected chi connectivity index (χ1v) is 8.18. The smallest absolute Gasteiger partial charge is 0.253 e. The van der Waals surface area contributed by atoms with Crippen LogP contribution in [0.4, 0.5) is 0 Å². The van der Waals surface area contributed by atoms with Crippen LogP contribution in [0.3, 0.4) is 0 Å². The lowest BCUT2D eigenvalue weighted by atomic mass is 9.95. The average molecular weight is 398 g/mol. The van der Waals surface area contributed by atoms with Crippen LogP contribution in [0.1, 0.15) is 30.1 Å². The summed E-state index contributed by atoms with van der Waals surface area (Å²) in [5.74, 6) is 1.14. The summed E-state index contributed by atoms with van der Waals surface area (Å²) in [4.78, 5) is 16.8. The third-order valence-electron chi connectivity index (χ3n) is 4.73. The molecule has 7 heteroatoms. The maximum Gasteiger partial charge on any atom is 0.253 e. The fourth-order valence-electron chi connectivity index (χ4n) is 2.88. The molecule has 1 atom stereocenters. The molecule has 0 bridgehead atoms. The molecule has 1 aromatic heterocycles. The second kappa shape index (κ2) is 9.21. The van der Waals surface area contributed by atoms with Gasteiger partial charge in [0, 0.05) is 24.5 Å². The maximum atomic E-state index is 12.6. The van der Waals surface area contributed by atoms with Crippen molar-refractivity contribution in [2.24, 2.45) is 11.7 Å². The Hall–Kier alpha value is -1.82. The van der Waals surface area contributed by atoms with Crippen molar-refractivity contribution >= 4 is 30.7 Å². The molecule has 26 heavy (non-hydrogen) atoms. The molecule has 0 spiro atoms. The number of hydrogen-bond donors (Lipinski definition) is 2. The lowest BCUT2D eigenvalue weighted by Crippen LogP contribution is -2.53. The Morgan fingerprint density at radius 2 is 1.88 bits per heavy atom. The van der Waals surface area contributed by atoms with E-state index in [0.717, 1.165) is 29.7 Å². The summed E-state index contributed by atoms with van der Waals surface area (Å²) in [5, 5.41) is 3.09. The van der Waals surface area contributed by atoms with E-state index >= 15 is 0 Å². The van der Waals surface area contributed by atoms with Crippen LogP contribution in [-0.2, 0) is 0 Å². The number of benzene rings is 1. The van der Waals surface area contributed by atoms with Crippen molar-refractivity contribution < 1.29 is 9.53 Å². The normalized spacial score (nSPS) is 15.0. The van der Waals surface area contributed by atoms with Crippen LogP contribution in [0.5, 0.6) is 5.75 Å². The number of carbonyl (C=O) groups excluding carboxylic acids is 1. The minimum absolute atomic E-state index is 0. The van der Waals surface area contributed by atoms with Crippen LogP contribution in [0.15, 0.2) is 42.7 Å². The predicted molar refractivity (Wildman–Crippen MR) is 108 cm³/mol. The van der Waals surface area contributed by atoms with E-state index in [1.165, 1.54) is 0 Å². The van der Waals surface area contributed by atoms with Gasteiger partial charge in [0.15, 0.2) is 0 Å². The number of nitrogens with one attached hydrogen (secondary N) is 1. The van der Waals surface area contributed by atoms with Gasteiger partial charge >= 0.3 is 0 Å². The zero-order chi connectivity index (χ0) is 17.2. The highest BCUT2D eigenvalue weighted by atomic mass is 35.5. The summed E-state index contributed by atoms with van der Waals surface area (Å²) in [6.45, 7) is 2.46. The molecule has 1 saturated carbocycles. The Bertz CT molecular complexity index is 736. The summed E-state index contributed by atoms with van der Waals surface area (Å²) < 4.78 is 5.17. The molecule has 1 amide bonds. The summed E-state index contributed by atoms with van der Waals surface area (Å²) in [6.07, 6.45) is 5.59. The molecule has 1 unspecified atom stereocenters. The van der Waals surface area contributed by atoms with E-state index in [1.54, 1.807) is 19.5 Å². The van der Waals surface area contributed by atoms with Crippen molar-refractivity contribution in [3.8, 4) is 16.9 Å². The third kappa shape index (κ3) is 4.87. The van der Waals surface area contributed by atoms with Crippen molar-refractivity contribution in [3.63, 3.8) is 0 Å². The summed E-state index contributed by atoms with van der Waals surface area (Å²) in [7, 11) is 1.63. The number of hydrogen-bond acceptors (Lipinski definition) is 4. The molecular weight excluding hydrogens is 373 g/mol. The van der Waals surface area contributed by atoms with Gasteiger partial charge in [-0.15, -0.1) is 24.8 Å². The van der Waals surface area contributed by atoms with Gasteiger partial charge in [0.05, 0.1) is 18.2 Å². The van der Waals surface area contributed by atoms with E-state index in [0.29, 0.717) is 18.0 Å². The number of nitrogens with two attached hydrogens (primary N) is 1. The fraction of sp³-hybridized carbons (Fsp3) is 0.368. The van der Waals surface area contributed by atoms with E-state index in [1.807, 2.05) is 37.3 Å². The largest absolute Gasteiger partial charge is 0.497 e. The van der Waals surface area contributed by atoms with Gasteiger partial charge in [0.1, 0.15) is 5.75 Å². The van der Waals surface area contributed by atoms with Crippen molar-refractivity contribution in [2.45, 2.75) is 25.3 Å². The molecule has 142 valence electrons. The van der Waals surface area contributed by atoms with Crippen LogP contribution in [-0.4, -0.2) is 30.1 Å². The summed E-state index contributed by atoms with van der Waals surface area (Å²) >= 11 is 0. The second-order valence-corrected chi connectivity index (χ2v) is 6.54. The van der Waals surface area contributed by atoms with Gasteiger partial charge in [-0.05, 0) is 49.4 Å². The summed E-state index contributed by atoms with van der Waals surface area (Å²) in [5.41, 5.74) is 7.97. The van der Waals surface area contributed by atoms with E-state index in [4.69, 9.17) is 10.5 Å². The standard InChI is InChI=1S/C19H23N3O2.2ClH/c1-19(12-20,16-5-6-16)22-18(23)15-9-14(10-21-11-15)13-3-7-17(24-2)8-4-13;;/h3-4,7-11,16H,5-6,12,20H2,1-2H3,(H,22,23);2*1H. The predicted octanol–water partition coefficient (Wildman–Crippen LogP) is 3.46. The van der Waals surface area contributed by atoms with Gasteiger partial charge in [-0.1, -0.05) is 12.1 Å². The molecule has 1 aliphatic rings. The van der Waals surface area contributed by atoms with Gasteiger partial charge < -0.3 is 15.8 Å². The molecule has 3 N–H and O–H groups in total. The Morgan fingerprint density at radius 1 is 1.23 bits per heavy atom. The van der Waals surface area contributed by atoms with E-state index in [2.05, 4.69) is 10.3 Å². The average Bonchev–Trinajstić information content (AvgIpc) is 3.47. The van der Waals surface area contributed by atoms with Gasteiger partial charge in [-0.3, -0.25) is 9.78 Å². The Labute approximate surface area is 166 Å². The number of pyridine rings is 1. The lowest BCUT2D eigenvalue weighted by molar-refractivity contribution is 0.0897. The number of nitrogens with zero attached hydrogens (tertiary/aromatic N) is 1. The number of rotatable bonds is 6. The Morgan fingerprint density at radius 3 is 2.42 bits per heavy atom. The van der Waals surface area contributed by atoms with Crippen LogP contribution in [0, 0.1) is 5.92 Å². The zero-order valence-corrected chi connectivity index (χ0v) is 16.5. The van der Waals surface area contributed by atoms with Crippen LogP contribution in [0.25, 0.3) is 11.1 Å². The van der Waals surface area contributed by atoms with Gasteiger partial charge in [-0.25, -0.2) is 0 Å². The highest BCUT2D eigenvalue weighted by Gasteiger charge is 2.41. The Kier molecular flexibility index (Phi) is 7.87. The highest BCUT2D eigenvalue weighted by Crippen LogP contribution is 2.39. The fourth-order valence-corrected chi connectivity index (χ4v) is 2.88. The molecule has 2 aromatic rings. The minimum atomic E-state index is -0.340. The maximum absolute atomic E-state index is 12.6. The first kappa shape index (κ1) is 22.2. The topological polar surface area (TPSA) is 77.2 Å². The van der Waals surface area contributed by atoms with Crippen LogP contribution < -0.4 is 15.8 Å². The highest BCUT2D eigenvalue weighted by molar-refractivity contribution is 5.95. The molecule has 1 fully saturated rings. The van der Waals surface area contributed by atoms with Crippen molar-refractivity contribution in [1.29, 1.82) is 0 Å². The van der Waals surface area contributed by atoms with E-state index in [-0.39, 0.29) is 36.3 Å². The van der Waals surface area contributed by atoms with Crippen LogP contribution >= 0.6 is 24.8 Å². The van der Waals surface area contributed by atoms with Gasteiger partial charge in [-0.2, -0.15) is 0 Å². The van der Waals surface area contributed by atoms with E-state index in [9.17, 15) is 4.79 Å². The molecule has 3 rings (SSSR count). The third-order valence-corrected chi connectivity index (χ3v) is 4.73. The monoisotopic (exact) mass is 397 g/mol. The molecule has 0 saturated heterocycles. The molecule has 1 heterocycles. The lowest BCUT2D eigenvalue weighted by Gasteiger charge is -2.29. The Balaban J connectivity index is 0.00000169. The van der Waals surface area contributed by atoms with Crippen LogP contribution in [0.2, 0.25) is 0 Å². The number of ether oxygens (including phenoxy) is 1. The van der Waals surface area contributed by atoms with Crippen molar-refractivity contribution in [1.82, 2.24) is 10.3 Å². The minimum Gasteiger partial charge on any atom is -0.497 e. The van der Waals surface area contributed by atoms with Crippen molar-refractivity contribution in [2.75, 3.05) is 13.7 Å². The number of amides is 1. The molecular formula is C19H25Cl2N3O2.